The molecule has 1 N–H and O–H groups in total. The number of aryl methyl sites for hydroxylation is 1. The summed E-state index contributed by atoms with van der Waals surface area (Å²) in [6, 6.07) is 13.3. The van der Waals surface area contributed by atoms with E-state index in [1.807, 2.05) is 6.07 Å². The fourth-order valence-corrected chi connectivity index (χ4v) is 5.12. The van der Waals surface area contributed by atoms with E-state index in [2.05, 4.69) is 5.32 Å². The van der Waals surface area contributed by atoms with Crippen molar-refractivity contribution in [1.29, 1.82) is 0 Å². The minimum Gasteiger partial charge on any atom is -0.455 e. The van der Waals surface area contributed by atoms with Crippen molar-refractivity contribution in [1.82, 2.24) is 0 Å². The summed E-state index contributed by atoms with van der Waals surface area (Å²) in [5, 5.41) is 13.6. The van der Waals surface area contributed by atoms with Crippen LogP contribution >= 0.6 is 0 Å². The number of ketones is 1. The summed E-state index contributed by atoms with van der Waals surface area (Å²) in [6.07, 6.45) is 2.62. The van der Waals surface area contributed by atoms with Crippen molar-refractivity contribution >= 4 is 29.0 Å². The Kier molecular flexibility index (Phi) is 6.03. The minimum absolute atomic E-state index is 0.0452. The number of hydrogen-bond donors (Lipinski definition) is 1. The normalized spacial score (nSPS) is 23.5. The first-order valence-electron chi connectivity index (χ1n) is 10.7. The number of hydrogen-bond acceptors (Lipinski definition) is 6. The van der Waals surface area contributed by atoms with Gasteiger partial charge in [0, 0.05) is 28.8 Å². The largest absolute Gasteiger partial charge is 0.455 e. The Hall–Kier alpha value is -3.55. The predicted molar refractivity (Wildman–Crippen MR) is 116 cm³/mol. The van der Waals surface area contributed by atoms with Gasteiger partial charge in [0.2, 0.25) is 0 Å². The van der Waals surface area contributed by atoms with Crippen LogP contribution in [-0.4, -0.2) is 29.2 Å². The van der Waals surface area contributed by atoms with Crippen LogP contribution in [-0.2, 0) is 14.3 Å². The van der Waals surface area contributed by atoms with Gasteiger partial charge in [0.25, 0.3) is 11.6 Å². The van der Waals surface area contributed by atoms with Crippen LogP contribution in [0.5, 0.6) is 0 Å². The Balaban J connectivity index is 1.40. The first-order valence-corrected chi connectivity index (χ1v) is 10.7. The Morgan fingerprint density at radius 2 is 1.75 bits per heavy atom. The molecule has 4 rings (SSSR count). The van der Waals surface area contributed by atoms with Crippen LogP contribution in [0.2, 0.25) is 0 Å². The molecule has 0 heterocycles. The fraction of sp³-hybridized carbons (Fsp3) is 0.375. The second kappa shape index (κ2) is 8.90. The minimum atomic E-state index is -0.592. The third kappa shape index (κ3) is 4.26. The van der Waals surface area contributed by atoms with Gasteiger partial charge in [0.05, 0.1) is 10.8 Å². The van der Waals surface area contributed by atoms with Gasteiger partial charge >= 0.3 is 5.97 Å². The zero-order chi connectivity index (χ0) is 22.8. The third-order valence-electron chi connectivity index (χ3n) is 6.58. The zero-order valence-corrected chi connectivity index (χ0v) is 17.7. The zero-order valence-electron chi connectivity index (χ0n) is 17.7. The van der Waals surface area contributed by atoms with E-state index in [1.54, 1.807) is 37.3 Å². The summed E-state index contributed by atoms with van der Waals surface area (Å²) in [5.74, 6) is -1.89. The lowest BCUT2D eigenvalue weighted by molar-refractivity contribution is -0.385. The number of anilines is 1. The highest BCUT2D eigenvalue weighted by atomic mass is 16.6. The molecule has 32 heavy (non-hydrogen) atoms. The van der Waals surface area contributed by atoms with Crippen LogP contribution in [0.3, 0.4) is 0 Å². The summed E-state index contributed by atoms with van der Waals surface area (Å²) in [6.45, 7) is 1.09. The number of benzene rings is 2. The van der Waals surface area contributed by atoms with Gasteiger partial charge in [-0.2, -0.15) is 0 Å². The summed E-state index contributed by atoms with van der Waals surface area (Å²) in [4.78, 5) is 48.8. The quantitative estimate of drug-likeness (QED) is 0.304. The Labute approximate surface area is 185 Å². The molecule has 1 amide bonds. The van der Waals surface area contributed by atoms with Gasteiger partial charge in [0.15, 0.2) is 12.4 Å². The topological polar surface area (TPSA) is 116 Å². The molecular formula is C24H24N2O6. The van der Waals surface area contributed by atoms with Gasteiger partial charge in [-0.3, -0.25) is 24.5 Å². The molecule has 0 spiro atoms. The standard InChI is InChI=1S/C24H24N2O6/c1-14-7-10-18(12-19(14)26(30)31)25-20(27)13-32-24(29)22-17-9-8-16(11-17)21(22)23(28)15-5-3-2-4-6-15/h2-7,10,12,16-17,21-22H,8-9,11,13H2,1H3,(H,25,27)/t16-,17-,21-,22+/m0/s1. The van der Waals surface area contributed by atoms with Crippen molar-refractivity contribution < 1.29 is 24.0 Å². The molecule has 2 fully saturated rings. The van der Waals surface area contributed by atoms with Crippen molar-refractivity contribution in [3.63, 3.8) is 0 Å². The monoisotopic (exact) mass is 436 g/mol. The lowest BCUT2D eigenvalue weighted by Crippen LogP contribution is -2.37. The van der Waals surface area contributed by atoms with Gasteiger partial charge in [0.1, 0.15) is 0 Å². The van der Waals surface area contributed by atoms with E-state index in [9.17, 15) is 24.5 Å². The number of esters is 1. The molecule has 4 atom stereocenters. The number of amides is 1. The van der Waals surface area contributed by atoms with Crippen molar-refractivity contribution in [3.8, 4) is 0 Å². The molecule has 2 aliphatic rings. The van der Waals surface area contributed by atoms with E-state index in [0.29, 0.717) is 11.1 Å². The molecule has 0 unspecified atom stereocenters. The predicted octanol–water partition coefficient (Wildman–Crippen LogP) is 3.93. The number of nitrogens with one attached hydrogen (secondary N) is 1. The van der Waals surface area contributed by atoms with Crippen LogP contribution in [0, 0.1) is 40.7 Å². The van der Waals surface area contributed by atoms with Crippen molar-refractivity contribution in [2.24, 2.45) is 23.7 Å². The van der Waals surface area contributed by atoms with Crippen LogP contribution < -0.4 is 5.32 Å². The van der Waals surface area contributed by atoms with Gasteiger partial charge in [-0.25, -0.2) is 0 Å². The second-order valence-electron chi connectivity index (χ2n) is 8.53. The number of Topliss-reactive ketones (excluding diaryl/α,β-unsaturated/α-hetero) is 1. The average Bonchev–Trinajstić information content (AvgIpc) is 3.40. The maximum atomic E-state index is 13.1. The van der Waals surface area contributed by atoms with E-state index < -0.39 is 35.2 Å². The molecule has 2 aromatic carbocycles. The number of nitro groups is 1. The highest BCUT2D eigenvalue weighted by Crippen LogP contribution is 2.53. The molecular weight excluding hydrogens is 412 g/mol. The second-order valence-corrected chi connectivity index (χ2v) is 8.53. The van der Waals surface area contributed by atoms with Crippen LogP contribution in [0.25, 0.3) is 0 Å². The molecule has 2 aliphatic carbocycles. The van der Waals surface area contributed by atoms with Gasteiger partial charge in [-0.05, 0) is 44.1 Å². The van der Waals surface area contributed by atoms with E-state index in [0.717, 1.165) is 19.3 Å². The van der Waals surface area contributed by atoms with Gasteiger partial charge < -0.3 is 10.1 Å². The molecule has 0 aromatic heterocycles. The molecule has 0 saturated heterocycles. The van der Waals surface area contributed by atoms with Gasteiger partial charge in [-0.1, -0.05) is 36.4 Å². The third-order valence-corrected chi connectivity index (χ3v) is 6.58. The van der Waals surface area contributed by atoms with E-state index in [4.69, 9.17) is 4.74 Å². The average molecular weight is 436 g/mol. The Bertz CT molecular complexity index is 1070. The lowest BCUT2D eigenvalue weighted by atomic mass is 9.75. The molecule has 0 aliphatic heterocycles. The summed E-state index contributed by atoms with van der Waals surface area (Å²) >= 11 is 0. The number of fused-ring (bicyclic) bond motifs is 2. The van der Waals surface area contributed by atoms with Crippen LogP contribution in [0.1, 0.15) is 35.2 Å². The fourth-order valence-electron chi connectivity index (χ4n) is 5.12. The molecule has 8 heteroatoms. The maximum Gasteiger partial charge on any atom is 0.310 e. The van der Waals surface area contributed by atoms with Crippen LogP contribution in [0.15, 0.2) is 48.5 Å². The number of carbonyl (C=O) groups excluding carboxylic acids is 3. The number of nitrogens with zero attached hydrogens (tertiary/aromatic N) is 1. The number of ether oxygens (including phenoxy) is 1. The SMILES string of the molecule is Cc1ccc(NC(=O)COC(=O)[C@@H]2[C@H]3CC[C@@H](C3)[C@@H]2C(=O)c2ccccc2)cc1[N+](=O)[O-]. The van der Waals surface area contributed by atoms with Crippen molar-refractivity contribution in [2.45, 2.75) is 26.2 Å². The Morgan fingerprint density at radius 3 is 2.44 bits per heavy atom. The molecule has 2 bridgehead atoms. The molecule has 2 saturated carbocycles. The van der Waals surface area contributed by atoms with E-state index >= 15 is 0 Å². The molecule has 8 nitrogen and oxygen atoms in total. The lowest BCUT2D eigenvalue weighted by Gasteiger charge is -2.28. The molecule has 0 radical (unpaired) electrons. The summed E-state index contributed by atoms with van der Waals surface area (Å²) < 4.78 is 5.29. The number of nitro benzene ring substituents is 1. The number of carbonyl (C=O) groups is 3. The molecule has 2 aromatic rings. The number of rotatable bonds is 7. The van der Waals surface area contributed by atoms with Crippen molar-refractivity contribution in [3.05, 3.63) is 69.8 Å². The van der Waals surface area contributed by atoms with E-state index in [-0.39, 0.29) is 29.0 Å². The highest BCUT2D eigenvalue weighted by molar-refractivity contribution is 6.01. The van der Waals surface area contributed by atoms with Gasteiger partial charge in [-0.15, -0.1) is 0 Å². The smallest absolute Gasteiger partial charge is 0.310 e. The first-order chi connectivity index (χ1) is 15.3. The van der Waals surface area contributed by atoms with E-state index in [1.165, 1.54) is 12.1 Å². The van der Waals surface area contributed by atoms with Crippen LogP contribution in [0.4, 0.5) is 11.4 Å². The first kappa shape index (κ1) is 21.7. The Morgan fingerprint density at radius 1 is 1.06 bits per heavy atom. The van der Waals surface area contributed by atoms with Crippen molar-refractivity contribution in [2.75, 3.05) is 11.9 Å². The maximum absolute atomic E-state index is 13.1. The summed E-state index contributed by atoms with van der Waals surface area (Å²) in [5.41, 5.74) is 1.20. The summed E-state index contributed by atoms with van der Waals surface area (Å²) in [7, 11) is 0. The highest BCUT2D eigenvalue weighted by Gasteiger charge is 2.54. The molecule has 166 valence electrons.